The van der Waals surface area contributed by atoms with Gasteiger partial charge in [-0.2, -0.15) is 13.2 Å². The van der Waals surface area contributed by atoms with Crippen LogP contribution in [-0.4, -0.2) is 37.6 Å². The van der Waals surface area contributed by atoms with Crippen molar-refractivity contribution in [3.05, 3.63) is 58.7 Å². The SMILES string of the molecule is CC(O)(Cn1c2c(c3nc(CF)ncc31)C1CCCN1CC2)c1ccc(C(F)(F)F)cc1. The molecule has 2 aliphatic heterocycles. The van der Waals surface area contributed by atoms with E-state index < -0.39 is 24.0 Å². The number of rotatable bonds is 4. The normalized spacial score (nSPS) is 20.9. The second-order valence-electron chi connectivity index (χ2n) is 8.89. The van der Waals surface area contributed by atoms with Crippen LogP contribution in [0, 0.1) is 0 Å². The Bertz CT molecular complexity index is 1150. The Hall–Kier alpha value is -2.52. The molecule has 0 saturated carbocycles. The summed E-state index contributed by atoms with van der Waals surface area (Å²) in [7, 11) is 0. The maximum Gasteiger partial charge on any atom is 0.416 e. The van der Waals surface area contributed by atoms with E-state index in [1.54, 1.807) is 13.1 Å². The quantitative estimate of drug-likeness (QED) is 0.597. The van der Waals surface area contributed by atoms with Gasteiger partial charge >= 0.3 is 6.18 Å². The smallest absolute Gasteiger partial charge is 0.384 e. The van der Waals surface area contributed by atoms with Crippen LogP contribution in [0.1, 0.15) is 54.0 Å². The molecule has 170 valence electrons. The van der Waals surface area contributed by atoms with Gasteiger partial charge in [-0.25, -0.2) is 14.4 Å². The Morgan fingerprint density at radius 1 is 1.12 bits per heavy atom. The highest BCUT2D eigenvalue weighted by molar-refractivity contribution is 5.82. The average Bonchev–Trinajstić information content (AvgIpc) is 3.35. The zero-order chi connectivity index (χ0) is 22.7. The number of hydrogen-bond donors (Lipinski definition) is 1. The van der Waals surface area contributed by atoms with Crippen LogP contribution in [0.2, 0.25) is 0 Å². The molecular weight excluding hydrogens is 424 g/mol. The monoisotopic (exact) mass is 448 g/mol. The molecular formula is C23H24F4N4O. The van der Waals surface area contributed by atoms with E-state index in [1.807, 2.05) is 4.57 Å². The number of hydrogen-bond acceptors (Lipinski definition) is 4. The highest BCUT2D eigenvalue weighted by Crippen LogP contribution is 2.43. The molecule has 2 unspecified atom stereocenters. The minimum absolute atomic E-state index is 0.127. The molecule has 0 radical (unpaired) electrons. The Kier molecular flexibility index (Phi) is 5.01. The first kappa shape index (κ1) is 21.3. The number of fused-ring (bicyclic) bond motifs is 5. The number of alkyl halides is 4. The molecule has 2 atom stereocenters. The first-order valence-corrected chi connectivity index (χ1v) is 10.8. The maximum atomic E-state index is 13.3. The van der Waals surface area contributed by atoms with E-state index in [2.05, 4.69) is 14.9 Å². The molecule has 5 rings (SSSR count). The summed E-state index contributed by atoms with van der Waals surface area (Å²) in [5.41, 5.74) is 1.76. The van der Waals surface area contributed by atoms with Gasteiger partial charge in [-0.15, -0.1) is 0 Å². The van der Waals surface area contributed by atoms with Crippen molar-refractivity contribution in [2.24, 2.45) is 0 Å². The van der Waals surface area contributed by atoms with Gasteiger partial charge in [0.05, 0.1) is 29.3 Å². The minimum atomic E-state index is -4.43. The Labute approximate surface area is 182 Å². The maximum absolute atomic E-state index is 13.3. The Morgan fingerprint density at radius 2 is 1.84 bits per heavy atom. The first-order valence-electron chi connectivity index (χ1n) is 10.8. The summed E-state index contributed by atoms with van der Waals surface area (Å²) in [4.78, 5) is 11.0. The van der Waals surface area contributed by atoms with Gasteiger partial charge in [-0.1, -0.05) is 12.1 Å². The lowest BCUT2D eigenvalue weighted by atomic mass is 9.94. The van der Waals surface area contributed by atoms with E-state index >= 15 is 0 Å². The van der Waals surface area contributed by atoms with Gasteiger partial charge in [0, 0.05) is 30.3 Å². The Balaban J connectivity index is 1.58. The average molecular weight is 448 g/mol. The highest BCUT2D eigenvalue weighted by Gasteiger charge is 2.38. The molecule has 1 N–H and O–H groups in total. The van der Waals surface area contributed by atoms with Crippen LogP contribution in [0.15, 0.2) is 30.5 Å². The van der Waals surface area contributed by atoms with Crippen molar-refractivity contribution in [2.45, 2.75) is 57.2 Å². The van der Waals surface area contributed by atoms with E-state index in [0.29, 0.717) is 16.6 Å². The van der Waals surface area contributed by atoms with Gasteiger partial charge in [0.15, 0.2) is 5.82 Å². The topological polar surface area (TPSA) is 54.2 Å². The number of halogens is 4. The summed E-state index contributed by atoms with van der Waals surface area (Å²) in [5.74, 6) is 0.127. The summed E-state index contributed by atoms with van der Waals surface area (Å²) < 4.78 is 54.1. The van der Waals surface area contributed by atoms with Gasteiger partial charge in [-0.05, 0) is 44.0 Å². The molecule has 1 saturated heterocycles. The number of benzene rings is 1. The van der Waals surface area contributed by atoms with Gasteiger partial charge in [0.2, 0.25) is 0 Å². The molecule has 2 aliphatic rings. The van der Waals surface area contributed by atoms with Crippen LogP contribution < -0.4 is 0 Å². The lowest BCUT2D eigenvalue weighted by molar-refractivity contribution is -0.137. The summed E-state index contributed by atoms with van der Waals surface area (Å²) >= 11 is 0. The van der Waals surface area contributed by atoms with Crippen LogP contribution in [0.4, 0.5) is 17.6 Å². The molecule has 4 heterocycles. The van der Waals surface area contributed by atoms with Crippen molar-refractivity contribution in [2.75, 3.05) is 13.1 Å². The second-order valence-corrected chi connectivity index (χ2v) is 8.89. The zero-order valence-corrected chi connectivity index (χ0v) is 17.7. The standard InChI is InChI=1S/C23H24F4N4O/c1-22(32,14-4-6-15(7-5-14)23(25,26)27)13-31-17-8-10-30-9-2-3-16(30)20(17)21-18(31)12-28-19(11-24)29-21/h4-7,12,16,32H,2-3,8-11,13H2,1H3. The third-order valence-electron chi connectivity index (χ3n) is 6.75. The van der Waals surface area contributed by atoms with Crippen molar-refractivity contribution < 1.29 is 22.7 Å². The molecule has 3 aromatic rings. The fourth-order valence-corrected chi connectivity index (χ4v) is 5.19. The van der Waals surface area contributed by atoms with Gasteiger partial charge < -0.3 is 9.67 Å². The second kappa shape index (κ2) is 7.52. The van der Waals surface area contributed by atoms with Crippen LogP contribution in [0.25, 0.3) is 11.0 Å². The van der Waals surface area contributed by atoms with Gasteiger partial charge in [0.1, 0.15) is 12.3 Å². The number of nitrogens with zero attached hydrogens (tertiary/aromatic N) is 4. The van der Waals surface area contributed by atoms with Crippen LogP contribution >= 0.6 is 0 Å². The minimum Gasteiger partial charge on any atom is -0.384 e. The summed E-state index contributed by atoms with van der Waals surface area (Å²) in [5, 5.41) is 11.3. The number of aliphatic hydroxyl groups is 1. The van der Waals surface area contributed by atoms with Crippen molar-refractivity contribution >= 4 is 11.0 Å². The lowest BCUT2D eigenvalue weighted by Crippen LogP contribution is -2.33. The van der Waals surface area contributed by atoms with Crippen molar-refractivity contribution in [1.29, 1.82) is 0 Å². The van der Waals surface area contributed by atoms with Gasteiger partial charge in [0.25, 0.3) is 0 Å². The molecule has 0 spiro atoms. The summed E-state index contributed by atoms with van der Waals surface area (Å²) in [6.45, 7) is 2.87. The molecule has 0 aliphatic carbocycles. The fourth-order valence-electron chi connectivity index (χ4n) is 5.19. The Morgan fingerprint density at radius 3 is 2.53 bits per heavy atom. The molecule has 1 fully saturated rings. The van der Waals surface area contributed by atoms with Crippen molar-refractivity contribution in [1.82, 2.24) is 19.4 Å². The summed E-state index contributed by atoms with van der Waals surface area (Å²) in [6.07, 6.45) is 0.00409. The molecule has 1 aromatic carbocycles. The molecule has 0 bridgehead atoms. The molecule has 9 heteroatoms. The van der Waals surface area contributed by atoms with Crippen molar-refractivity contribution in [3.8, 4) is 0 Å². The fraction of sp³-hybridized carbons (Fsp3) is 0.478. The summed E-state index contributed by atoms with van der Waals surface area (Å²) in [6, 6.07) is 4.82. The zero-order valence-electron chi connectivity index (χ0n) is 17.7. The van der Waals surface area contributed by atoms with Crippen LogP contribution in [0.5, 0.6) is 0 Å². The van der Waals surface area contributed by atoms with Crippen molar-refractivity contribution in [3.63, 3.8) is 0 Å². The van der Waals surface area contributed by atoms with E-state index in [0.717, 1.165) is 55.7 Å². The molecule has 5 nitrogen and oxygen atoms in total. The number of aromatic nitrogens is 3. The van der Waals surface area contributed by atoms with Gasteiger partial charge in [-0.3, -0.25) is 4.90 Å². The largest absolute Gasteiger partial charge is 0.416 e. The van der Waals surface area contributed by atoms with E-state index in [1.165, 1.54) is 12.1 Å². The molecule has 2 aromatic heterocycles. The third kappa shape index (κ3) is 3.47. The predicted octanol–water partition coefficient (Wildman–Crippen LogP) is 4.52. The lowest BCUT2D eigenvalue weighted by Gasteiger charge is -2.32. The van der Waals surface area contributed by atoms with Crippen LogP contribution in [0.3, 0.4) is 0 Å². The van der Waals surface area contributed by atoms with E-state index in [-0.39, 0.29) is 18.4 Å². The highest BCUT2D eigenvalue weighted by atomic mass is 19.4. The van der Waals surface area contributed by atoms with E-state index in [4.69, 9.17) is 0 Å². The van der Waals surface area contributed by atoms with E-state index in [9.17, 15) is 22.7 Å². The van der Waals surface area contributed by atoms with Crippen LogP contribution in [-0.2, 0) is 31.4 Å². The predicted molar refractivity (Wildman–Crippen MR) is 111 cm³/mol. The third-order valence-corrected chi connectivity index (χ3v) is 6.75. The molecule has 32 heavy (non-hydrogen) atoms. The first-order chi connectivity index (χ1) is 15.2. The molecule has 0 amide bonds.